The van der Waals surface area contributed by atoms with E-state index in [1.807, 2.05) is 4.90 Å². The third-order valence-electron chi connectivity index (χ3n) is 3.02. The predicted molar refractivity (Wildman–Crippen MR) is 73.3 cm³/mol. The highest BCUT2D eigenvalue weighted by Crippen LogP contribution is 2.13. The van der Waals surface area contributed by atoms with E-state index in [1.165, 1.54) is 6.20 Å². The van der Waals surface area contributed by atoms with Gasteiger partial charge in [0.05, 0.1) is 11.9 Å². The predicted octanol–water partition coefficient (Wildman–Crippen LogP) is 2.04. The number of unbranched alkanes of at least 4 members (excludes halogenated alkanes) is 2. The van der Waals surface area contributed by atoms with Crippen LogP contribution in [0.25, 0.3) is 0 Å². The number of rotatable bonds is 7. The first-order valence-electron chi connectivity index (χ1n) is 6.68. The number of anilines is 1. The largest absolute Gasteiger partial charge is 0.396 e. The van der Waals surface area contributed by atoms with Crippen LogP contribution in [0.5, 0.6) is 0 Å². The average molecular weight is 252 g/mol. The Kier molecular flexibility index (Phi) is 5.68. The van der Waals surface area contributed by atoms with E-state index < -0.39 is 0 Å². The van der Waals surface area contributed by atoms with Crippen molar-refractivity contribution >= 4 is 11.6 Å². The zero-order valence-electron chi connectivity index (χ0n) is 11.6. The molecule has 0 aromatic carbocycles. The summed E-state index contributed by atoms with van der Waals surface area (Å²) in [5.74, 6) is -0.00519. The van der Waals surface area contributed by atoms with Gasteiger partial charge in [-0.2, -0.15) is 5.10 Å². The molecule has 0 saturated heterocycles. The van der Waals surface area contributed by atoms with Crippen molar-refractivity contribution in [1.29, 1.82) is 0 Å². The van der Waals surface area contributed by atoms with Crippen molar-refractivity contribution in [2.45, 2.75) is 39.5 Å². The molecule has 1 aromatic rings. The molecule has 0 atom stereocenters. The zero-order valence-corrected chi connectivity index (χ0v) is 11.6. The highest BCUT2D eigenvalue weighted by Gasteiger charge is 2.20. The van der Waals surface area contributed by atoms with Crippen molar-refractivity contribution < 1.29 is 4.79 Å². The molecule has 0 radical (unpaired) electrons. The van der Waals surface area contributed by atoms with E-state index in [2.05, 4.69) is 18.9 Å². The van der Waals surface area contributed by atoms with E-state index in [-0.39, 0.29) is 5.91 Å². The van der Waals surface area contributed by atoms with Gasteiger partial charge in [0.1, 0.15) is 5.69 Å². The second-order valence-corrected chi connectivity index (χ2v) is 4.57. The maximum absolute atomic E-state index is 12.4. The number of nitrogen functional groups attached to an aromatic ring is 1. The van der Waals surface area contributed by atoms with Crippen molar-refractivity contribution in [2.75, 3.05) is 18.8 Å². The van der Waals surface area contributed by atoms with Gasteiger partial charge in [0.25, 0.3) is 5.91 Å². The third kappa shape index (κ3) is 3.48. The summed E-state index contributed by atoms with van der Waals surface area (Å²) in [6, 6.07) is 0. The quantitative estimate of drug-likeness (QED) is 0.807. The summed E-state index contributed by atoms with van der Waals surface area (Å²) < 4.78 is 1.56. The monoisotopic (exact) mass is 252 g/mol. The first-order chi connectivity index (χ1) is 8.61. The van der Waals surface area contributed by atoms with E-state index in [0.29, 0.717) is 11.4 Å². The molecule has 0 unspecified atom stereocenters. The summed E-state index contributed by atoms with van der Waals surface area (Å²) in [5.41, 5.74) is 6.77. The molecule has 1 aromatic heterocycles. The molecule has 5 nitrogen and oxygen atoms in total. The molecule has 1 amide bonds. The minimum Gasteiger partial charge on any atom is -0.396 e. The van der Waals surface area contributed by atoms with Crippen LogP contribution in [0.15, 0.2) is 6.20 Å². The second kappa shape index (κ2) is 7.03. The van der Waals surface area contributed by atoms with Gasteiger partial charge >= 0.3 is 0 Å². The number of aryl methyl sites for hydroxylation is 1. The molecule has 2 N–H and O–H groups in total. The number of hydrogen-bond donors (Lipinski definition) is 1. The van der Waals surface area contributed by atoms with E-state index in [0.717, 1.165) is 38.8 Å². The van der Waals surface area contributed by atoms with E-state index in [4.69, 9.17) is 5.73 Å². The van der Waals surface area contributed by atoms with E-state index in [1.54, 1.807) is 11.7 Å². The lowest BCUT2D eigenvalue weighted by Crippen LogP contribution is -2.34. The number of carbonyl (C=O) groups is 1. The Morgan fingerprint density at radius 1 is 1.33 bits per heavy atom. The molecule has 0 fully saturated rings. The molecule has 5 heteroatoms. The molecule has 0 bridgehead atoms. The third-order valence-corrected chi connectivity index (χ3v) is 3.02. The lowest BCUT2D eigenvalue weighted by molar-refractivity contribution is 0.0741. The fourth-order valence-corrected chi connectivity index (χ4v) is 1.88. The topological polar surface area (TPSA) is 64.2 Å². The van der Waals surface area contributed by atoms with E-state index in [9.17, 15) is 4.79 Å². The molecule has 0 aliphatic heterocycles. The van der Waals surface area contributed by atoms with Crippen LogP contribution in [0.3, 0.4) is 0 Å². The second-order valence-electron chi connectivity index (χ2n) is 4.57. The van der Waals surface area contributed by atoms with Crippen LogP contribution < -0.4 is 5.73 Å². The van der Waals surface area contributed by atoms with E-state index >= 15 is 0 Å². The molecule has 0 saturated carbocycles. The summed E-state index contributed by atoms with van der Waals surface area (Å²) in [5, 5.41) is 4.02. The molecule has 18 heavy (non-hydrogen) atoms. The van der Waals surface area contributed by atoms with Gasteiger partial charge in [-0.05, 0) is 12.8 Å². The minimum atomic E-state index is -0.00519. The van der Waals surface area contributed by atoms with Gasteiger partial charge < -0.3 is 10.6 Å². The average Bonchev–Trinajstić information content (AvgIpc) is 2.68. The standard InChI is InChI=1S/C13H24N4O/c1-4-6-8-17(9-7-5-2)13(18)12-11(14)10-15-16(12)3/h10H,4-9,14H2,1-3H3. The van der Waals surface area contributed by atoms with Crippen molar-refractivity contribution in [3.8, 4) is 0 Å². The Bertz CT molecular complexity index is 359. The van der Waals surface area contributed by atoms with Crippen molar-refractivity contribution in [1.82, 2.24) is 14.7 Å². The number of hydrogen-bond acceptors (Lipinski definition) is 3. The van der Waals surface area contributed by atoms with Gasteiger partial charge in [0.15, 0.2) is 0 Å². The summed E-state index contributed by atoms with van der Waals surface area (Å²) in [7, 11) is 1.75. The molecular formula is C13H24N4O. The fraction of sp³-hybridized carbons (Fsp3) is 0.692. The van der Waals surface area contributed by atoms with Gasteiger partial charge in [0, 0.05) is 20.1 Å². The Hall–Kier alpha value is -1.52. The highest BCUT2D eigenvalue weighted by molar-refractivity contribution is 5.97. The Balaban J connectivity index is 2.80. The molecule has 0 spiro atoms. The number of nitrogens with zero attached hydrogens (tertiary/aromatic N) is 3. The van der Waals surface area contributed by atoms with Crippen LogP contribution in [0.2, 0.25) is 0 Å². The lowest BCUT2D eigenvalue weighted by Gasteiger charge is -2.22. The van der Waals surface area contributed by atoms with Crippen LogP contribution >= 0.6 is 0 Å². The molecule has 0 aliphatic carbocycles. The Morgan fingerprint density at radius 3 is 2.28 bits per heavy atom. The van der Waals surface area contributed by atoms with Crippen molar-refractivity contribution in [3.05, 3.63) is 11.9 Å². The Labute approximate surface area is 109 Å². The minimum absolute atomic E-state index is 0.00519. The highest BCUT2D eigenvalue weighted by atomic mass is 16.2. The van der Waals surface area contributed by atoms with Gasteiger partial charge in [-0.3, -0.25) is 9.48 Å². The zero-order chi connectivity index (χ0) is 13.5. The fourth-order valence-electron chi connectivity index (χ4n) is 1.88. The van der Waals surface area contributed by atoms with Crippen LogP contribution in [0.1, 0.15) is 50.0 Å². The molecule has 0 aliphatic rings. The lowest BCUT2D eigenvalue weighted by atomic mass is 10.2. The number of carbonyl (C=O) groups excluding carboxylic acids is 1. The molecule has 1 rings (SSSR count). The van der Waals surface area contributed by atoms with Crippen LogP contribution in [-0.4, -0.2) is 33.7 Å². The molecule has 1 heterocycles. The normalized spacial score (nSPS) is 10.6. The van der Waals surface area contributed by atoms with Gasteiger partial charge in [-0.15, -0.1) is 0 Å². The van der Waals surface area contributed by atoms with Gasteiger partial charge in [-0.1, -0.05) is 26.7 Å². The summed E-state index contributed by atoms with van der Waals surface area (Å²) >= 11 is 0. The smallest absolute Gasteiger partial charge is 0.274 e. The van der Waals surface area contributed by atoms with Crippen LogP contribution in [-0.2, 0) is 7.05 Å². The number of nitrogens with two attached hydrogens (primary N) is 1. The summed E-state index contributed by atoms with van der Waals surface area (Å²) in [4.78, 5) is 14.3. The molecule has 102 valence electrons. The van der Waals surface area contributed by atoms with Crippen LogP contribution in [0.4, 0.5) is 5.69 Å². The maximum Gasteiger partial charge on any atom is 0.274 e. The summed E-state index contributed by atoms with van der Waals surface area (Å²) in [6.45, 7) is 5.84. The van der Waals surface area contributed by atoms with Gasteiger partial charge in [-0.25, -0.2) is 0 Å². The SMILES string of the molecule is CCCCN(CCCC)C(=O)c1c(N)cnn1C. The first-order valence-corrected chi connectivity index (χ1v) is 6.68. The van der Waals surface area contributed by atoms with Gasteiger partial charge in [0.2, 0.25) is 0 Å². The van der Waals surface area contributed by atoms with Crippen molar-refractivity contribution in [3.63, 3.8) is 0 Å². The Morgan fingerprint density at radius 2 is 1.89 bits per heavy atom. The number of amides is 1. The van der Waals surface area contributed by atoms with Crippen LogP contribution in [0, 0.1) is 0 Å². The number of aromatic nitrogens is 2. The van der Waals surface area contributed by atoms with Crippen molar-refractivity contribution in [2.24, 2.45) is 7.05 Å². The first kappa shape index (κ1) is 14.5. The molecular weight excluding hydrogens is 228 g/mol. The summed E-state index contributed by atoms with van der Waals surface area (Å²) in [6.07, 6.45) is 5.74. The maximum atomic E-state index is 12.4.